The van der Waals surface area contributed by atoms with Crippen molar-refractivity contribution >= 4 is 34.4 Å². The molecule has 0 saturated carbocycles. The molecule has 1 aliphatic rings. The number of rotatable bonds is 6. The number of nitrogens with zero attached hydrogens (tertiary/aromatic N) is 3. The summed E-state index contributed by atoms with van der Waals surface area (Å²) < 4.78 is 9.55. The van der Waals surface area contributed by atoms with Gasteiger partial charge in [-0.25, -0.2) is 0 Å². The standard InChI is InChI=1S/C29H31N3OS/c1-30-26-16-10-11-17-27(26)33-28(30)20-22-21-29(34-19-18-32(2,3)4)31(23-12-6-5-7-13-23)25-15-9-8-14-24(22)25/h5-17,20-21H,18-19H2,1-4H3/q+2. The Labute approximate surface area is 206 Å². The van der Waals surface area contributed by atoms with Crippen LogP contribution in [0.1, 0.15) is 5.56 Å². The number of hydrogen-bond acceptors (Lipinski definition) is 3. The van der Waals surface area contributed by atoms with Gasteiger partial charge in [-0.15, -0.1) is 4.57 Å². The summed E-state index contributed by atoms with van der Waals surface area (Å²) >= 11 is 1.91. The maximum Gasteiger partial charge on any atom is 0.247 e. The topological polar surface area (TPSA) is 16.4 Å². The molecule has 3 aromatic carbocycles. The van der Waals surface area contributed by atoms with Gasteiger partial charge in [0.05, 0.1) is 44.5 Å². The Bertz CT molecular complexity index is 1360. The van der Waals surface area contributed by atoms with Gasteiger partial charge in [0.25, 0.3) is 0 Å². The van der Waals surface area contributed by atoms with Gasteiger partial charge >= 0.3 is 0 Å². The number of para-hydroxylation sites is 4. The van der Waals surface area contributed by atoms with Crippen LogP contribution in [0.4, 0.5) is 5.69 Å². The maximum absolute atomic E-state index is 6.22. The average molecular weight is 470 g/mol. The number of anilines is 1. The van der Waals surface area contributed by atoms with Gasteiger partial charge in [-0.05, 0) is 18.2 Å². The van der Waals surface area contributed by atoms with Crippen LogP contribution in [-0.2, 0) is 0 Å². The predicted octanol–water partition coefficient (Wildman–Crippen LogP) is 5.74. The van der Waals surface area contributed by atoms with E-state index in [-0.39, 0.29) is 0 Å². The minimum absolute atomic E-state index is 0.839. The molecule has 4 nitrogen and oxygen atoms in total. The molecule has 0 radical (unpaired) electrons. The van der Waals surface area contributed by atoms with Crippen molar-refractivity contribution in [3.63, 3.8) is 0 Å². The Morgan fingerprint density at radius 1 is 0.912 bits per heavy atom. The van der Waals surface area contributed by atoms with Gasteiger partial charge in [0.1, 0.15) is 0 Å². The minimum Gasteiger partial charge on any atom is -0.439 e. The molecule has 4 aromatic rings. The van der Waals surface area contributed by atoms with E-state index in [9.17, 15) is 0 Å². The van der Waals surface area contributed by atoms with Crippen molar-refractivity contribution in [3.05, 3.63) is 96.4 Å². The maximum atomic E-state index is 6.22. The lowest BCUT2D eigenvalue weighted by atomic mass is 10.1. The summed E-state index contributed by atoms with van der Waals surface area (Å²) in [6, 6.07) is 29.7. The van der Waals surface area contributed by atoms with E-state index < -0.39 is 0 Å². The highest BCUT2D eigenvalue weighted by molar-refractivity contribution is 7.99. The van der Waals surface area contributed by atoms with E-state index in [0.717, 1.165) is 39.7 Å². The molecule has 0 atom stereocenters. The molecule has 0 unspecified atom stereocenters. The zero-order valence-corrected chi connectivity index (χ0v) is 21.0. The van der Waals surface area contributed by atoms with E-state index >= 15 is 0 Å². The van der Waals surface area contributed by atoms with Gasteiger partial charge in [-0.3, -0.25) is 0 Å². The number of aromatic nitrogens is 1. The molecule has 5 rings (SSSR count). The summed E-state index contributed by atoms with van der Waals surface area (Å²) in [5.74, 6) is 2.77. The van der Waals surface area contributed by atoms with E-state index in [1.807, 2.05) is 30.0 Å². The van der Waals surface area contributed by atoms with Gasteiger partial charge in [-0.2, -0.15) is 0 Å². The van der Waals surface area contributed by atoms with Crippen LogP contribution in [0.3, 0.4) is 0 Å². The summed E-state index contributed by atoms with van der Waals surface area (Å²) in [4.78, 5) is 2.12. The van der Waals surface area contributed by atoms with Gasteiger partial charge in [-0.1, -0.05) is 54.2 Å². The second-order valence-corrected chi connectivity index (χ2v) is 10.7. The van der Waals surface area contributed by atoms with Crippen molar-refractivity contribution < 1.29 is 13.8 Å². The Morgan fingerprint density at radius 3 is 2.38 bits per heavy atom. The first kappa shape index (κ1) is 22.5. The number of fused-ring (bicyclic) bond motifs is 2. The number of ether oxygens (including phenoxy) is 1. The van der Waals surface area contributed by atoms with Crippen LogP contribution in [0.25, 0.3) is 22.7 Å². The molecule has 0 N–H and O–H groups in total. The van der Waals surface area contributed by atoms with E-state index in [0.29, 0.717) is 0 Å². The van der Waals surface area contributed by atoms with E-state index in [1.54, 1.807) is 0 Å². The highest BCUT2D eigenvalue weighted by atomic mass is 32.2. The minimum atomic E-state index is 0.839. The molecular weight excluding hydrogens is 438 g/mol. The molecule has 0 amide bonds. The van der Waals surface area contributed by atoms with Crippen LogP contribution < -0.4 is 14.2 Å². The predicted molar refractivity (Wildman–Crippen MR) is 143 cm³/mol. The fourth-order valence-corrected chi connectivity index (χ4v) is 5.57. The molecule has 1 aliphatic heterocycles. The largest absolute Gasteiger partial charge is 0.439 e. The van der Waals surface area contributed by atoms with Gasteiger partial charge in [0, 0.05) is 43.0 Å². The first-order valence-electron chi connectivity index (χ1n) is 11.6. The van der Waals surface area contributed by atoms with Crippen LogP contribution in [-0.4, -0.2) is 45.0 Å². The summed E-state index contributed by atoms with van der Waals surface area (Å²) in [6.07, 6.45) is 2.17. The van der Waals surface area contributed by atoms with E-state index in [4.69, 9.17) is 4.74 Å². The van der Waals surface area contributed by atoms with Gasteiger partial charge in [0.2, 0.25) is 22.1 Å². The Balaban J connectivity index is 1.65. The summed E-state index contributed by atoms with van der Waals surface area (Å²) in [5, 5.41) is 2.42. The van der Waals surface area contributed by atoms with Crippen LogP contribution >= 0.6 is 11.8 Å². The fraction of sp³-hybridized carbons (Fsp3) is 0.207. The van der Waals surface area contributed by atoms with E-state index in [1.165, 1.54) is 21.6 Å². The highest BCUT2D eigenvalue weighted by Crippen LogP contribution is 2.38. The molecule has 5 heteroatoms. The monoisotopic (exact) mass is 469 g/mol. The number of quaternary nitrogens is 1. The number of thioether (sulfide) groups is 1. The number of hydrogen-bond donors (Lipinski definition) is 0. The fourth-order valence-electron chi connectivity index (χ4n) is 4.18. The lowest BCUT2D eigenvalue weighted by Crippen LogP contribution is -2.38. The van der Waals surface area contributed by atoms with Crippen molar-refractivity contribution in [2.75, 3.05) is 45.4 Å². The van der Waals surface area contributed by atoms with Crippen molar-refractivity contribution in [2.24, 2.45) is 0 Å². The Kier molecular flexibility index (Phi) is 6.07. The summed E-state index contributed by atoms with van der Waals surface area (Å²) in [6.45, 7) is 1.09. The number of pyridine rings is 1. The molecule has 0 spiro atoms. The molecule has 2 heterocycles. The van der Waals surface area contributed by atoms with Crippen molar-refractivity contribution in [1.29, 1.82) is 0 Å². The second-order valence-electron chi connectivity index (χ2n) is 9.60. The van der Waals surface area contributed by atoms with Crippen LogP contribution in [0.5, 0.6) is 5.75 Å². The first-order chi connectivity index (χ1) is 16.4. The third-order valence-corrected chi connectivity index (χ3v) is 7.02. The van der Waals surface area contributed by atoms with Crippen molar-refractivity contribution in [3.8, 4) is 11.4 Å². The van der Waals surface area contributed by atoms with Crippen molar-refractivity contribution in [2.45, 2.75) is 5.03 Å². The normalized spacial score (nSPS) is 14.5. The third kappa shape index (κ3) is 4.54. The smallest absolute Gasteiger partial charge is 0.247 e. The van der Waals surface area contributed by atoms with Gasteiger partial charge < -0.3 is 14.1 Å². The number of benzene rings is 3. The summed E-state index contributed by atoms with van der Waals surface area (Å²) in [7, 11) is 8.79. The van der Waals surface area contributed by atoms with Crippen LogP contribution in [0.2, 0.25) is 0 Å². The SMILES string of the molecule is CN1/C(=C/c2cc(SCC[N+](C)(C)C)[n+](-c3ccccc3)c3ccccc23)Oc2ccccc21. The zero-order valence-electron chi connectivity index (χ0n) is 20.2. The highest BCUT2D eigenvalue weighted by Gasteiger charge is 2.26. The lowest BCUT2D eigenvalue weighted by Gasteiger charge is -2.23. The second kappa shape index (κ2) is 9.16. The molecule has 0 aliphatic carbocycles. The van der Waals surface area contributed by atoms with E-state index in [2.05, 4.69) is 110 Å². The third-order valence-electron chi connectivity index (χ3n) is 6.03. The average Bonchev–Trinajstić information content (AvgIpc) is 3.14. The molecule has 0 bridgehead atoms. The molecule has 0 saturated heterocycles. The summed E-state index contributed by atoms with van der Waals surface area (Å²) in [5.41, 5.74) is 4.61. The molecule has 0 fully saturated rings. The first-order valence-corrected chi connectivity index (χ1v) is 12.6. The quantitative estimate of drug-likeness (QED) is 0.203. The molecule has 34 heavy (non-hydrogen) atoms. The van der Waals surface area contributed by atoms with Gasteiger partial charge in [0.15, 0.2) is 5.75 Å². The van der Waals surface area contributed by atoms with Crippen molar-refractivity contribution in [1.82, 2.24) is 0 Å². The Hall–Kier alpha value is -3.28. The molecule has 1 aromatic heterocycles. The molecular formula is C29H31N3OS+2. The molecule has 172 valence electrons. The van der Waals surface area contributed by atoms with Crippen LogP contribution in [0.15, 0.2) is 95.8 Å². The zero-order chi connectivity index (χ0) is 23.7. The Morgan fingerprint density at radius 2 is 1.62 bits per heavy atom. The lowest BCUT2D eigenvalue weighted by molar-refractivity contribution is -0.867. The van der Waals surface area contributed by atoms with Crippen LogP contribution in [0, 0.1) is 0 Å².